The first-order chi connectivity index (χ1) is 17.2. The number of ether oxygens (including phenoxy) is 2. The van der Waals surface area contributed by atoms with Gasteiger partial charge >= 0.3 is 6.11 Å². The smallest absolute Gasteiger partial charge is 0.427 e. The molecule has 2 aliphatic rings. The van der Waals surface area contributed by atoms with Gasteiger partial charge in [-0.25, -0.2) is 18.2 Å². The molecule has 0 bridgehead atoms. The number of nitrogens with zero attached hydrogens (tertiary/aromatic N) is 1. The highest BCUT2D eigenvalue weighted by Crippen LogP contribution is 2.42. The molecule has 1 saturated carbocycles. The van der Waals surface area contributed by atoms with Crippen molar-refractivity contribution in [2.75, 3.05) is 6.61 Å². The molecule has 0 spiro atoms. The second-order valence-electron chi connectivity index (χ2n) is 9.62. The van der Waals surface area contributed by atoms with Crippen LogP contribution in [0.2, 0.25) is 0 Å². The van der Waals surface area contributed by atoms with Gasteiger partial charge in [-0.3, -0.25) is 0 Å². The average Bonchev–Trinajstić information content (AvgIpc) is 3.32. The highest BCUT2D eigenvalue weighted by molar-refractivity contribution is 7.18. The van der Waals surface area contributed by atoms with Gasteiger partial charge in [-0.15, -0.1) is 17.9 Å². The Kier molecular flexibility index (Phi) is 7.05. The molecule has 0 N–H and O–H groups in total. The van der Waals surface area contributed by atoms with Crippen molar-refractivity contribution in [3.63, 3.8) is 0 Å². The standard InChI is InChI=1S/C27H26F5NO2S/c1-2-15-3-10-23(34-14-15)17-6-4-16(5-7-17)18-8-9-22-24(11-18)36-26(33-22)27(31,32)35-19-12-20(28)25(30)21(29)13-19/h2,8-9,11-13,15-17,23H,1,3-7,10,14H2. The van der Waals surface area contributed by atoms with E-state index in [4.69, 9.17) is 4.74 Å². The number of halogens is 5. The quantitative estimate of drug-likeness (QED) is 0.186. The third-order valence-corrected chi connectivity index (χ3v) is 8.38. The largest absolute Gasteiger partial charge is 0.454 e. The van der Waals surface area contributed by atoms with Crippen molar-refractivity contribution in [2.24, 2.45) is 11.8 Å². The number of benzene rings is 2. The van der Waals surface area contributed by atoms with E-state index in [1.165, 1.54) is 0 Å². The number of alkyl halides is 2. The van der Waals surface area contributed by atoms with E-state index < -0.39 is 34.3 Å². The van der Waals surface area contributed by atoms with Gasteiger partial charge in [0.1, 0.15) is 5.75 Å². The van der Waals surface area contributed by atoms with E-state index in [0.717, 1.165) is 62.0 Å². The lowest BCUT2D eigenvalue weighted by atomic mass is 9.75. The van der Waals surface area contributed by atoms with Crippen LogP contribution in [0.5, 0.6) is 5.75 Å². The molecule has 2 unspecified atom stereocenters. The number of thiazole rings is 1. The molecule has 1 aliphatic carbocycles. The molecule has 1 saturated heterocycles. The summed E-state index contributed by atoms with van der Waals surface area (Å²) < 4.78 is 80.6. The number of hydrogen-bond acceptors (Lipinski definition) is 4. The third-order valence-electron chi connectivity index (χ3n) is 7.31. The molecule has 0 radical (unpaired) electrons. The zero-order valence-electron chi connectivity index (χ0n) is 19.5. The zero-order valence-corrected chi connectivity index (χ0v) is 20.3. The van der Waals surface area contributed by atoms with Crippen LogP contribution in [0.3, 0.4) is 0 Å². The molecule has 2 heterocycles. The van der Waals surface area contributed by atoms with E-state index >= 15 is 0 Å². The fourth-order valence-electron chi connectivity index (χ4n) is 5.28. The van der Waals surface area contributed by atoms with Gasteiger partial charge < -0.3 is 9.47 Å². The van der Waals surface area contributed by atoms with Crippen LogP contribution >= 0.6 is 11.3 Å². The molecule has 2 atom stereocenters. The van der Waals surface area contributed by atoms with Gasteiger partial charge in [-0.1, -0.05) is 12.1 Å². The molecule has 192 valence electrons. The molecule has 2 aromatic carbocycles. The lowest BCUT2D eigenvalue weighted by Gasteiger charge is -2.37. The minimum absolute atomic E-state index is 0.305. The molecular formula is C27H26F5NO2S. The van der Waals surface area contributed by atoms with Crippen molar-refractivity contribution < 1.29 is 31.4 Å². The summed E-state index contributed by atoms with van der Waals surface area (Å²) in [6, 6.07) is 6.28. The molecule has 3 aromatic rings. The lowest BCUT2D eigenvalue weighted by molar-refractivity contribution is -0.185. The van der Waals surface area contributed by atoms with E-state index in [0.29, 0.717) is 46.2 Å². The van der Waals surface area contributed by atoms with E-state index in [1.54, 1.807) is 6.07 Å². The SMILES string of the molecule is C=CC1CCC(C2CCC(c3ccc4nc(C(F)(F)Oc5cc(F)c(F)c(F)c5)sc4c3)CC2)OC1. The van der Waals surface area contributed by atoms with Gasteiger partial charge in [0.25, 0.3) is 0 Å². The average molecular weight is 524 g/mol. The van der Waals surface area contributed by atoms with E-state index in [2.05, 4.69) is 16.3 Å². The van der Waals surface area contributed by atoms with Crippen molar-refractivity contribution in [3.8, 4) is 5.75 Å². The van der Waals surface area contributed by atoms with Crippen LogP contribution in [0.1, 0.15) is 55.0 Å². The van der Waals surface area contributed by atoms with Gasteiger partial charge in [-0.05, 0) is 68.1 Å². The highest BCUT2D eigenvalue weighted by atomic mass is 32.1. The van der Waals surface area contributed by atoms with Gasteiger partial charge in [0.05, 0.1) is 22.9 Å². The molecule has 9 heteroatoms. The van der Waals surface area contributed by atoms with Gasteiger partial charge in [-0.2, -0.15) is 8.78 Å². The highest BCUT2D eigenvalue weighted by Gasteiger charge is 2.39. The third kappa shape index (κ3) is 5.13. The fourth-order valence-corrected chi connectivity index (χ4v) is 6.20. The monoisotopic (exact) mass is 523 g/mol. The Balaban J connectivity index is 1.26. The maximum absolute atomic E-state index is 14.7. The predicted molar refractivity (Wildman–Crippen MR) is 128 cm³/mol. The number of fused-ring (bicyclic) bond motifs is 1. The maximum atomic E-state index is 14.7. The Bertz CT molecular complexity index is 1220. The summed E-state index contributed by atoms with van der Waals surface area (Å²) in [6.07, 6.45) is 4.67. The van der Waals surface area contributed by atoms with Gasteiger partial charge in [0.15, 0.2) is 17.5 Å². The normalized spacial score (nSPS) is 25.1. The Morgan fingerprint density at radius 3 is 2.36 bits per heavy atom. The van der Waals surface area contributed by atoms with Crippen LogP contribution in [-0.4, -0.2) is 17.7 Å². The van der Waals surface area contributed by atoms with Crippen LogP contribution in [0.4, 0.5) is 22.0 Å². The van der Waals surface area contributed by atoms with Crippen molar-refractivity contribution in [2.45, 2.75) is 56.7 Å². The molecule has 36 heavy (non-hydrogen) atoms. The zero-order chi connectivity index (χ0) is 25.4. The topological polar surface area (TPSA) is 31.4 Å². The van der Waals surface area contributed by atoms with Crippen molar-refractivity contribution in [1.29, 1.82) is 0 Å². The van der Waals surface area contributed by atoms with E-state index in [1.807, 2.05) is 18.2 Å². The molecule has 5 rings (SSSR count). The van der Waals surface area contributed by atoms with Crippen molar-refractivity contribution in [3.05, 3.63) is 71.0 Å². The van der Waals surface area contributed by atoms with Crippen molar-refractivity contribution >= 4 is 21.6 Å². The van der Waals surface area contributed by atoms with E-state index in [-0.39, 0.29) is 0 Å². The van der Waals surface area contributed by atoms with E-state index in [9.17, 15) is 22.0 Å². The first-order valence-corrected chi connectivity index (χ1v) is 12.9. The predicted octanol–water partition coefficient (Wildman–Crippen LogP) is 8.10. The summed E-state index contributed by atoms with van der Waals surface area (Å²) in [5.41, 5.74) is 1.47. The maximum Gasteiger partial charge on any atom is 0.454 e. The summed E-state index contributed by atoms with van der Waals surface area (Å²) in [5.74, 6) is -4.47. The minimum atomic E-state index is -3.94. The molecule has 2 fully saturated rings. The van der Waals surface area contributed by atoms with Crippen LogP contribution in [-0.2, 0) is 10.8 Å². The number of rotatable bonds is 6. The second kappa shape index (κ2) is 10.1. The Labute approximate surface area is 209 Å². The summed E-state index contributed by atoms with van der Waals surface area (Å²) in [4.78, 5) is 3.97. The second-order valence-corrected chi connectivity index (χ2v) is 10.7. The lowest BCUT2D eigenvalue weighted by Crippen LogP contribution is -2.33. The molecular weight excluding hydrogens is 497 g/mol. The Hall–Kier alpha value is -2.52. The molecule has 1 aliphatic heterocycles. The first-order valence-electron chi connectivity index (χ1n) is 12.1. The number of hydrogen-bond donors (Lipinski definition) is 0. The van der Waals surface area contributed by atoms with Gasteiger partial charge in [0.2, 0.25) is 5.01 Å². The molecule has 0 amide bonds. The van der Waals surface area contributed by atoms with Crippen molar-refractivity contribution in [1.82, 2.24) is 4.98 Å². The summed E-state index contributed by atoms with van der Waals surface area (Å²) in [5, 5.41) is -0.643. The van der Waals surface area contributed by atoms with Crippen LogP contribution in [0, 0.1) is 29.3 Å². The summed E-state index contributed by atoms with van der Waals surface area (Å²) in [6.45, 7) is 4.61. The van der Waals surface area contributed by atoms with Crippen LogP contribution in [0.15, 0.2) is 43.0 Å². The Morgan fingerprint density at radius 2 is 1.72 bits per heavy atom. The van der Waals surface area contributed by atoms with Crippen LogP contribution < -0.4 is 4.74 Å². The first kappa shape index (κ1) is 25.1. The summed E-state index contributed by atoms with van der Waals surface area (Å²) >= 11 is 0.763. The molecule has 1 aromatic heterocycles. The number of aromatic nitrogens is 1. The summed E-state index contributed by atoms with van der Waals surface area (Å²) in [7, 11) is 0. The Morgan fingerprint density at radius 1 is 1.00 bits per heavy atom. The molecule has 3 nitrogen and oxygen atoms in total. The van der Waals surface area contributed by atoms with Gasteiger partial charge in [0, 0.05) is 18.1 Å². The fraction of sp³-hybridized carbons (Fsp3) is 0.444. The minimum Gasteiger partial charge on any atom is -0.427 e. The van der Waals surface area contributed by atoms with Crippen LogP contribution in [0.25, 0.3) is 10.2 Å².